The molecule has 2 heteroatoms. The fraction of sp³-hybridized carbons (Fsp3) is 0.979. The first-order valence-corrected chi connectivity index (χ1v) is 22.8. The van der Waals surface area contributed by atoms with Gasteiger partial charge in [-0.05, 0) is 93.2 Å². The van der Waals surface area contributed by atoms with Crippen LogP contribution in [-0.2, 0) is 4.79 Å². The highest BCUT2D eigenvalue weighted by molar-refractivity contribution is 5.78. The number of hydrogen-bond donors (Lipinski definition) is 0. The van der Waals surface area contributed by atoms with Crippen LogP contribution in [0.4, 0.5) is 0 Å². The molecule has 0 N–H and O–H groups in total. The summed E-state index contributed by atoms with van der Waals surface area (Å²) >= 11 is 0. The van der Waals surface area contributed by atoms with Gasteiger partial charge in [-0.15, -0.1) is 0 Å². The molecule has 300 valence electrons. The van der Waals surface area contributed by atoms with Crippen LogP contribution >= 0.6 is 0 Å². The van der Waals surface area contributed by atoms with Crippen LogP contribution in [0.15, 0.2) is 0 Å². The molecule has 50 heavy (non-hydrogen) atoms. The van der Waals surface area contributed by atoms with Gasteiger partial charge in [0.1, 0.15) is 5.78 Å². The number of rotatable bonds is 36. The van der Waals surface area contributed by atoms with E-state index >= 15 is 0 Å². The Morgan fingerprint density at radius 3 is 0.940 bits per heavy atom. The van der Waals surface area contributed by atoms with E-state index < -0.39 is 0 Å². The molecule has 0 aromatic rings. The zero-order chi connectivity index (χ0) is 37.7. The quantitative estimate of drug-likeness (QED) is 0.0647. The van der Waals surface area contributed by atoms with Gasteiger partial charge in [0.25, 0.3) is 0 Å². The maximum atomic E-state index is 13.0. The van der Waals surface area contributed by atoms with Gasteiger partial charge in [0, 0.05) is 12.8 Å². The standard InChI is InChI=1S/C48H97NO/c1-39(2)20-13-22-41(5)24-15-26-43(7)28-17-30-45(9)33-35-47(38-48(50)32-19-37-49(11)12)36-34-46(10)31-18-29-44(8)27-16-25-42(6)23-14-21-40(3)4/h39-47H,13-38H2,1-12H3. The van der Waals surface area contributed by atoms with Gasteiger partial charge in [-0.1, -0.05) is 198 Å². The Kier molecular flexibility index (Phi) is 31.9. The van der Waals surface area contributed by atoms with Gasteiger partial charge < -0.3 is 4.90 Å². The first-order valence-electron chi connectivity index (χ1n) is 22.8. The average Bonchev–Trinajstić information content (AvgIpc) is 3.01. The first kappa shape index (κ1) is 49.6. The predicted molar refractivity (Wildman–Crippen MR) is 227 cm³/mol. The number of carbonyl (C=O) groups is 1. The number of Topliss-reactive ketones (excluding diaryl/α,β-unsaturated/α-hetero) is 1. The summed E-state index contributed by atoms with van der Waals surface area (Å²) in [5, 5.41) is 0. The van der Waals surface area contributed by atoms with E-state index in [4.69, 9.17) is 0 Å². The Morgan fingerprint density at radius 2 is 0.660 bits per heavy atom. The van der Waals surface area contributed by atoms with Gasteiger partial charge in [0.2, 0.25) is 0 Å². The molecule has 0 saturated carbocycles. The average molecular weight is 704 g/mol. The predicted octanol–water partition coefficient (Wildman–Crippen LogP) is 15.6. The Hall–Kier alpha value is -0.370. The minimum atomic E-state index is 0.517. The Bertz CT molecular complexity index is 694. The van der Waals surface area contributed by atoms with Crippen LogP contribution in [0.2, 0.25) is 0 Å². The first-order chi connectivity index (χ1) is 23.7. The smallest absolute Gasteiger partial charge is 0.133 e. The molecule has 0 aromatic heterocycles. The molecule has 6 unspecified atom stereocenters. The van der Waals surface area contributed by atoms with Crippen LogP contribution in [0.25, 0.3) is 0 Å². The second-order valence-corrected chi connectivity index (χ2v) is 19.7. The van der Waals surface area contributed by atoms with Gasteiger partial charge in [0.05, 0.1) is 0 Å². The van der Waals surface area contributed by atoms with Crippen molar-refractivity contribution in [1.29, 1.82) is 0 Å². The summed E-state index contributed by atoms with van der Waals surface area (Å²) in [5.41, 5.74) is 0. The van der Waals surface area contributed by atoms with Crippen LogP contribution < -0.4 is 0 Å². The summed E-state index contributed by atoms with van der Waals surface area (Å²) in [5.74, 6) is 7.94. The monoisotopic (exact) mass is 704 g/mol. The Labute approximate surface area is 318 Å². The van der Waals surface area contributed by atoms with E-state index in [-0.39, 0.29) is 0 Å². The zero-order valence-corrected chi connectivity index (χ0v) is 36.9. The molecule has 6 atom stereocenters. The van der Waals surface area contributed by atoms with Crippen molar-refractivity contribution in [2.75, 3.05) is 20.6 Å². The number of hydrogen-bond acceptors (Lipinski definition) is 2. The van der Waals surface area contributed by atoms with Gasteiger partial charge in [-0.2, -0.15) is 0 Å². The molecular weight excluding hydrogens is 607 g/mol. The van der Waals surface area contributed by atoms with Crippen molar-refractivity contribution in [2.24, 2.45) is 53.3 Å². The lowest BCUT2D eigenvalue weighted by molar-refractivity contribution is -0.120. The zero-order valence-electron chi connectivity index (χ0n) is 36.9. The van der Waals surface area contributed by atoms with E-state index in [2.05, 4.69) is 88.2 Å². The van der Waals surface area contributed by atoms with E-state index in [0.717, 1.165) is 73.2 Å². The molecule has 0 rings (SSSR count). The van der Waals surface area contributed by atoms with Gasteiger partial charge in [0.15, 0.2) is 0 Å². The second kappa shape index (κ2) is 32.1. The van der Waals surface area contributed by atoms with E-state index in [1.54, 1.807) is 0 Å². The minimum absolute atomic E-state index is 0.517. The summed E-state index contributed by atoms with van der Waals surface area (Å²) in [6.45, 7) is 25.3. The van der Waals surface area contributed by atoms with Crippen molar-refractivity contribution in [1.82, 2.24) is 4.90 Å². The lowest BCUT2D eigenvalue weighted by Crippen LogP contribution is -2.16. The molecule has 0 aliphatic carbocycles. The SMILES string of the molecule is CC(C)CCCC(C)CCCC(C)CCCC(C)CCC(CCC(C)CCCC(C)CCCC(C)CCCC(C)C)CC(=O)CCCN(C)C. The molecule has 0 saturated heterocycles. The van der Waals surface area contributed by atoms with Gasteiger partial charge >= 0.3 is 0 Å². The summed E-state index contributed by atoms with van der Waals surface area (Å²) in [4.78, 5) is 15.2. The minimum Gasteiger partial charge on any atom is -0.309 e. The Balaban J connectivity index is 4.46. The van der Waals surface area contributed by atoms with Crippen LogP contribution in [0.5, 0.6) is 0 Å². The van der Waals surface area contributed by atoms with Crippen molar-refractivity contribution in [2.45, 2.75) is 230 Å². The molecule has 0 fully saturated rings. The van der Waals surface area contributed by atoms with Crippen molar-refractivity contribution >= 4 is 5.78 Å². The molecule has 0 bridgehead atoms. The van der Waals surface area contributed by atoms with E-state index in [9.17, 15) is 4.79 Å². The van der Waals surface area contributed by atoms with Crippen molar-refractivity contribution in [3.05, 3.63) is 0 Å². The highest BCUT2D eigenvalue weighted by Crippen LogP contribution is 2.29. The molecule has 0 aliphatic heterocycles. The van der Waals surface area contributed by atoms with Crippen LogP contribution in [-0.4, -0.2) is 31.3 Å². The van der Waals surface area contributed by atoms with E-state index in [1.165, 1.54) is 141 Å². The molecule has 0 amide bonds. The third-order valence-electron chi connectivity index (χ3n) is 12.2. The van der Waals surface area contributed by atoms with Crippen LogP contribution in [0.3, 0.4) is 0 Å². The maximum Gasteiger partial charge on any atom is 0.133 e. The van der Waals surface area contributed by atoms with Crippen molar-refractivity contribution in [3.8, 4) is 0 Å². The number of nitrogens with zero attached hydrogens (tertiary/aromatic N) is 1. The van der Waals surface area contributed by atoms with Crippen LogP contribution in [0.1, 0.15) is 230 Å². The van der Waals surface area contributed by atoms with E-state index in [1.807, 2.05) is 0 Å². The van der Waals surface area contributed by atoms with Gasteiger partial charge in [-0.3, -0.25) is 4.79 Å². The fourth-order valence-electron chi connectivity index (χ4n) is 8.28. The lowest BCUT2D eigenvalue weighted by Gasteiger charge is -2.22. The second-order valence-electron chi connectivity index (χ2n) is 19.7. The van der Waals surface area contributed by atoms with Crippen molar-refractivity contribution in [3.63, 3.8) is 0 Å². The number of ketones is 1. The molecule has 0 spiro atoms. The normalized spacial score (nSPS) is 16.5. The molecule has 0 aliphatic rings. The molecule has 0 aromatic carbocycles. The third kappa shape index (κ3) is 33.5. The van der Waals surface area contributed by atoms with Gasteiger partial charge in [-0.25, -0.2) is 0 Å². The largest absolute Gasteiger partial charge is 0.309 e. The van der Waals surface area contributed by atoms with Crippen LogP contribution in [0, 0.1) is 53.3 Å². The lowest BCUT2D eigenvalue weighted by atomic mass is 9.84. The topological polar surface area (TPSA) is 20.3 Å². The molecule has 0 heterocycles. The summed E-state index contributed by atoms with van der Waals surface area (Å²) in [7, 11) is 4.23. The van der Waals surface area contributed by atoms with Crippen molar-refractivity contribution < 1.29 is 4.79 Å². The Morgan fingerprint density at radius 1 is 0.380 bits per heavy atom. The number of carbonyl (C=O) groups excluding carboxylic acids is 1. The van der Waals surface area contributed by atoms with E-state index in [0.29, 0.717) is 11.7 Å². The molecular formula is C48H97NO. The summed E-state index contributed by atoms with van der Waals surface area (Å²) < 4.78 is 0. The summed E-state index contributed by atoms with van der Waals surface area (Å²) in [6, 6.07) is 0. The highest BCUT2D eigenvalue weighted by atomic mass is 16.1. The fourth-order valence-corrected chi connectivity index (χ4v) is 8.28. The maximum absolute atomic E-state index is 13.0. The highest BCUT2D eigenvalue weighted by Gasteiger charge is 2.18. The summed E-state index contributed by atoms with van der Waals surface area (Å²) in [6.07, 6.45) is 33.0. The molecule has 2 nitrogen and oxygen atoms in total. The molecule has 0 radical (unpaired) electrons. The third-order valence-corrected chi connectivity index (χ3v) is 12.2.